The van der Waals surface area contributed by atoms with E-state index in [1.807, 2.05) is 12.1 Å². The molecule has 0 saturated carbocycles. The lowest BCUT2D eigenvalue weighted by atomic mass is 9.70. The summed E-state index contributed by atoms with van der Waals surface area (Å²) >= 11 is 3.46. The van der Waals surface area contributed by atoms with E-state index in [1.165, 1.54) is 0 Å². The molecule has 0 atom stereocenters. The van der Waals surface area contributed by atoms with Crippen molar-refractivity contribution < 1.29 is 9.90 Å². The van der Waals surface area contributed by atoms with Gasteiger partial charge in [-0.1, -0.05) is 69.6 Å². The predicted molar refractivity (Wildman–Crippen MR) is 103 cm³/mol. The van der Waals surface area contributed by atoms with Gasteiger partial charge in [0.25, 0.3) is 0 Å². The molecule has 0 heterocycles. The summed E-state index contributed by atoms with van der Waals surface area (Å²) in [6, 6.07) is 5.48. The molecule has 0 radical (unpaired) electrons. The molecule has 1 aliphatic rings. The number of ketones is 1. The van der Waals surface area contributed by atoms with Gasteiger partial charge in [-0.05, 0) is 41.0 Å². The Morgan fingerprint density at radius 3 is 1.96 bits per heavy atom. The third kappa shape index (κ3) is 4.18. The van der Waals surface area contributed by atoms with E-state index in [0.717, 1.165) is 21.2 Å². The lowest BCUT2D eigenvalue weighted by Crippen LogP contribution is -2.29. The van der Waals surface area contributed by atoms with Crippen LogP contribution in [0.15, 0.2) is 46.0 Å². The standard InChI is InChI=1S/C21H27BrO2/c1-20(2,3)16-10-13(11-17(19(16)24)21(4,5)6)9-14-12-15(22)7-8-18(14)23/h7-8,10-13,23H,9H2,1-6H3. The summed E-state index contributed by atoms with van der Waals surface area (Å²) in [6.07, 6.45) is 4.84. The zero-order valence-corrected chi connectivity index (χ0v) is 17.0. The van der Waals surface area contributed by atoms with Crippen molar-refractivity contribution in [1.82, 2.24) is 0 Å². The number of hydrogen-bond acceptors (Lipinski definition) is 2. The minimum atomic E-state index is -0.195. The van der Waals surface area contributed by atoms with Gasteiger partial charge >= 0.3 is 0 Å². The van der Waals surface area contributed by atoms with Crippen molar-refractivity contribution in [2.75, 3.05) is 0 Å². The van der Waals surface area contributed by atoms with Crippen LogP contribution < -0.4 is 0 Å². The fourth-order valence-corrected chi connectivity index (χ4v) is 3.45. The van der Waals surface area contributed by atoms with Gasteiger partial charge in [0.05, 0.1) is 0 Å². The highest BCUT2D eigenvalue weighted by Crippen LogP contribution is 2.40. The number of aromatic hydroxyl groups is 1. The highest BCUT2D eigenvalue weighted by atomic mass is 79.9. The Hall–Kier alpha value is -1.35. The molecule has 0 saturated heterocycles. The van der Waals surface area contributed by atoms with Gasteiger partial charge in [-0.25, -0.2) is 0 Å². The minimum Gasteiger partial charge on any atom is -0.508 e. The number of phenolic OH excluding ortho intramolecular Hbond substituents is 1. The Morgan fingerprint density at radius 1 is 1.00 bits per heavy atom. The minimum absolute atomic E-state index is 0.103. The third-order valence-corrected chi connectivity index (χ3v) is 4.86. The SMILES string of the molecule is CC(C)(C)C1=CC(Cc2cc(Br)ccc2O)C=C(C(C)(C)C)C1=O. The number of benzene rings is 1. The molecule has 2 nitrogen and oxygen atoms in total. The van der Waals surface area contributed by atoms with E-state index in [4.69, 9.17) is 0 Å². The number of rotatable bonds is 2. The summed E-state index contributed by atoms with van der Waals surface area (Å²) in [5.41, 5.74) is 2.24. The van der Waals surface area contributed by atoms with Gasteiger partial charge in [0.2, 0.25) is 0 Å². The fraction of sp³-hybridized carbons (Fsp3) is 0.476. The summed E-state index contributed by atoms with van der Waals surface area (Å²) in [6.45, 7) is 12.5. The molecule has 24 heavy (non-hydrogen) atoms. The van der Waals surface area contributed by atoms with Crippen LogP contribution >= 0.6 is 15.9 Å². The number of allylic oxidation sites excluding steroid dienone is 4. The second kappa shape index (κ2) is 6.51. The Labute approximate surface area is 153 Å². The maximum Gasteiger partial charge on any atom is 0.185 e. The molecular formula is C21H27BrO2. The van der Waals surface area contributed by atoms with Crippen molar-refractivity contribution in [2.45, 2.75) is 48.0 Å². The van der Waals surface area contributed by atoms with Crippen molar-refractivity contribution in [3.05, 3.63) is 51.5 Å². The number of carbonyl (C=O) groups is 1. The summed E-state index contributed by atoms with van der Waals surface area (Å²) in [5.74, 6) is 0.558. The van der Waals surface area contributed by atoms with E-state index in [2.05, 4.69) is 69.6 Å². The van der Waals surface area contributed by atoms with Crippen LogP contribution in [0.25, 0.3) is 0 Å². The van der Waals surface area contributed by atoms with Crippen molar-refractivity contribution in [3.8, 4) is 5.75 Å². The van der Waals surface area contributed by atoms with Crippen LogP contribution in [0, 0.1) is 16.7 Å². The first-order chi connectivity index (χ1) is 10.9. The van der Waals surface area contributed by atoms with Gasteiger partial charge in [-0.2, -0.15) is 0 Å². The molecule has 0 bridgehead atoms. The molecule has 130 valence electrons. The molecule has 0 fully saturated rings. The van der Waals surface area contributed by atoms with E-state index < -0.39 is 0 Å². The summed E-state index contributed by atoms with van der Waals surface area (Å²) < 4.78 is 0.947. The topological polar surface area (TPSA) is 37.3 Å². The van der Waals surface area contributed by atoms with Gasteiger partial charge in [-0.15, -0.1) is 0 Å². The number of carbonyl (C=O) groups excluding carboxylic acids is 1. The average molecular weight is 391 g/mol. The average Bonchev–Trinajstić information content (AvgIpc) is 2.42. The fourth-order valence-electron chi connectivity index (χ4n) is 3.04. The highest BCUT2D eigenvalue weighted by Gasteiger charge is 2.35. The Bertz CT molecular complexity index is 678. The summed E-state index contributed by atoms with van der Waals surface area (Å²) in [4.78, 5) is 12.9. The molecule has 1 aromatic carbocycles. The molecule has 0 unspecified atom stereocenters. The number of Topliss-reactive ketones (excluding diaryl/α,β-unsaturated/α-hetero) is 1. The smallest absolute Gasteiger partial charge is 0.185 e. The molecule has 2 rings (SSSR count). The molecule has 1 N–H and O–H groups in total. The first-order valence-corrected chi connectivity index (χ1v) is 9.15. The highest BCUT2D eigenvalue weighted by molar-refractivity contribution is 9.10. The molecule has 3 heteroatoms. The van der Waals surface area contributed by atoms with E-state index in [9.17, 15) is 9.90 Å². The molecular weight excluding hydrogens is 364 g/mol. The first kappa shape index (κ1) is 19.0. The second-order valence-electron chi connectivity index (χ2n) is 8.63. The van der Waals surface area contributed by atoms with Gasteiger partial charge in [-0.3, -0.25) is 4.79 Å². The van der Waals surface area contributed by atoms with Crippen molar-refractivity contribution in [1.29, 1.82) is 0 Å². The normalized spacial score (nSPS) is 16.9. The van der Waals surface area contributed by atoms with Gasteiger partial charge in [0.1, 0.15) is 5.75 Å². The lowest BCUT2D eigenvalue weighted by Gasteiger charge is -2.33. The second-order valence-corrected chi connectivity index (χ2v) is 9.55. The molecule has 0 aliphatic heterocycles. The maximum absolute atomic E-state index is 12.9. The quantitative estimate of drug-likeness (QED) is 0.688. The van der Waals surface area contributed by atoms with Crippen LogP contribution in [0.2, 0.25) is 0 Å². The van der Waals surface area contributed by atoms with Crippen molar-refractivity contribution in [2.24, 2.45) is 16.7 Å². The Morgan fingerprint density at radius 2 is 1.50 bits per heavy atom. The van der Waals surface area contributed by atoms with Crippen LogP contribution in [-0.2, 0) is 11.2 Å². The van der Waals surface area contributed by atoms with E-state index >= 15 is 0 Å². The molecule has 1 aromatic rings. The van der Waals surface area contributed by atoms with E-state index in [-0.39, 0.29) is 22.5 Å². The Balaban J connectivity index is 2.46. The summed E-state index contributed by atoms with van der Waals surface area (Å²) in [7, 11) is 0. The molecule has 0 aromatic heterocycles. The number of halogens is 1. The van der Waals surface area contributed by atoms with E-state index in [1.54, 1.807) is 6.07 Å². The van der Waals surface area contributed by atoms with Gasteiger partial charge in [0.15, 0.2) is 5.78 Å². The van der Waals surface area contributed by atoms with Gasteiger partial charge in [0, 0.05) is 21.5 Å². The first-order valence-electron chi connectivity index (χ1n) is 8.36. The summed E-state index contributed by atoms with van der Waals surface area (Å²) in [5, 5.41) is 10.1. The largest absolute Gasteiger partial charge is 0.508 e. The van der Waals surface area contributed by atoms with Crippen LogP contribution in [0.3, 0.4) is 0 Å². The lowest BCUT2D eigenvalue weighted by molar-refractivity contribution is -0.114. The van der Waals surface area contributed by atoms with Crippen LogP contribution in [-0.4, -0.2) is 10.9 Å². The monoisotopic (exact) mass is 390 g/mol. The number of phenols is 1. The third-order valence-electron chi connectivity index (χ3n) is 4.36. The van der Waals surface area contributed by atoms with Gasteiger partial charge < -0.3 is 5.11 Å². The Kier molecular flexibility index (Phi) is 5.15. The number of hydrogen-bond donors (Lipinski definition) is 1. The zero-order valence-electron chi connectivity index (χ0n) is 15.4. The van der Waals surface area contributed by atoms with Crippen molar-refractivity contribution >= 4 is 21.7 Å². The van der Waals surface area contributed by atoms with Crippen molar-refractivity contribution in [3.63, 3.8) is 0 Å². The van der Waals surface area contributed by atoms with Crippen LogP contribution in [0.1, 0.15) is 47.1 Å². The van der Waals surface area contributed by atoms with Crippen LogP contribution in [0.4, 0.5) is 0 Å². The zero-order chi connectivity index (χ0) is 18.3. The van der Waals surface area contributed by atoms with E-state index in [0.29, 0.717) is 12.2 Å². The maximum atomic E-state index is 12.9. The molecule has 0 amide bonds. The van der Waals surface area contributed by atoms with Crippen LogP contribution in [0.5, 0.6) is 5.75 Å². The molecule has 1 aliphatic carbocycles. The molecule has 0 spiro atoms. The predicted octanol–water partition coefficient (Wildman–Crippen LogP) is 5.84.